The average molecular weight is 391 g/mol. The van der Waals surface area contributed by atoms with Gasteiger partial charge in [0.25, 0.3) is 0 Å². The summed E-state index contributed by atoms with van der Waals surface area (Å²) in [4.78, 5) is 24.4. The van der Waals surface area contributed by atoms with Gasteiger partial charge in [-0.3, -0.25) is 4.79 Å². The molecule has 8 nitrogen and oxygen atoms in total. The number of halogens is 1. The molecular formula is C17H23ClO8. The number of hydrogen-bond donors (Lipinski definition) is 0. The van der Waals surface area contributed by atoms with E-state index < -0.39 is 11.9 Å². The average Bonchev–Trinajstić information content (AvgIpc) is 2.61. The van der Waals surface area contributed by atoms with Crippen molar-refractivity contribution in [2.24, 2.45) is 0 Å². The van der Waals surface area contributed by atoms with Gasteiger partial charge in [0.1, 0.15) is 17.1 Å². The van der Waals surface area contributed by atoms with Gasteiger partial charge >= 0.3 is 11.9 Å². The molecule has 0 aliphatic rings. The second-order valence-electron chi connectivity index (χ2n) is 4.84. The van der Waals surface area contributed by atoms with Crippen LogP contribution in [0.1, 0.15) is 29.8 Å². The third-order valence-electron chi connectivity index (χ3n) is 3.06. The molecular weight excluding hydrogens is 368 g/mol. The zero-order valence-corrected chi connectivity index (χ0v) is 16.0. The fourth-order valence-corrected chi connectivity index (χ4v) is 2.35. The van der Waals surface area contributed by atoms with Crippen LogP contribution in [0.25, 0.3) is 0 Å². The lowest BCUT2D eigenvalue weighted by Crippen LogP contribution is -2.17. The number of rotatable bonds is 11. The van der Waals surface area contributed by atoms with Gasteiger partial charge in [-0.2, -0.15) is 0 Å². The smallest absolute Gasteiger partial charge is 0.342 e. The highest BCUT2D eigenvalue weighted by atomic mass is 35.5. The minimum Gasteiger partial charge on any atom is -0.467 e. The molecule has 0 saturated heterocycles. The molecule has 0 N–H and O–H groups in total. The van der Waals surface area contributed by atoms with Crippen molar-refractivity contribution in [2.75, 3.05) is 41.0 Å². The number of hydrogen-bond acceptors (Lipinski definition) is 8. The maximum Gasteiger partial charge on any atom is 0.342 e. The second-order valence-corrected chi connectivity index (χ2v) is 5.22. The van der Waals surface area contributed by atoms with Crippen LogP contribution in [-0.2, 0) is 30.2 Å². The summed E-state index contributed by atoms with van der Waals surface area (Å²) in [5.74, 6) is -0.938. The van der Waals surface area contributed by atoms with Crippen LogP contribution in [0.2, 0.25) is 5.02 Å². The third-order valence-corrected chi connectivity index (χ3v) is 3.48. The summed E-state index contributed by atoms with van der Waals surface area (Å²) < 4.78 is 30.6. The van der Waals surface area contributed by atoms with E-state index in [1.165, 1.54) is 20.3 Å². The molecule has 9 heteroatoms. The van der Waals surface area contributed by atoms with Crippen LogP contribution in [0.5, 0.6) is 11.5 Å². The first-order valence-electron chi connectivity index (χ1n) is 7.91. The molecule has 0 radical (unpaired) electrons. The molecule has 0 saturated carbocycles. The Morgan fingerprint density at radius 1 is 0.962 bits per heavy atom. The van der Waals surface area contributed by atoms with Gasteiger partial charge < -0.3 is 28.4 Å². The summed E-state index contributed by atoms with van der Waals surface area (Å²) in [6, 6.07) is 1.42. The molecule has 0 bridgehead atoms. The molecule has 0 fully saturated rings. The topological polar surface area (TPSA) is 89.5 Å². The van der Waals surface area contributed by atoms with E-state index in [-0.39, 0.29) is 60.9 Å². The number of carbonyl (C=O) groups is 2. The van der Waals surface area contributed by atoms with Crippen LogP contribution >= 0.6 is 11.6 Å². The van der Waals surface area contributed by atoms with Crippen molar-refractivity contribution in [3.05, 3.63) is 22.2 Å². The fraction of sp³-hybridized carbons (Fsp3) is 0.529. The van der Waals surface area contributed by atoms with Crippen LogP contribution in [0.15, 0.2) is 6.07 Å². The first-order chi connectivity index (χ1) is 12.5. The predicted octanol–water partition coefficient (Wildman–Crippen LogP) is 2.59. The Bertz CT molecular complexity index is 617. The van der Waals surface area contributed by atoms with Gasteiger partial charge in [0.2, 0.25) is 0 Å². The molecule has 1 aromatic rings. The summed E-state index contributed by atoms with van der Waals surface area (Å²) in [5.41, 5.74) is 0.204. The molecule has 0 unspecified atom stereocenters. The second kappa shape index (κ2) is 11.6. The Labute approximate surface area is 157 Å². The van der Waals surface area contributed by atoms with Gasteiger partial charge in [0, 0.05) is 25.8 Å². The molecule has 0 aliphatic heterocycles. The fourth-order valence-electron chi connectivity index (χ4n) is 2.07. The predicted molar refractivity (Wildman–Crippen MR) is 92.8 cm³/mol. The first-order valence-corrected chi connectivity index (χ1v) is 8.29. The SMILES string of the molecule is CCOC(=O)Cc1c(Cl)c(OCOC)cc(OCOC)c1C(=O)OCC. The van der Waals surface area contributed by atoms with Crippen molar-refractivity contribution in [1.82, 2.24) is 0 Å². The Balaban J connectivity index is 3.48. The number of esters is 2. The lowest BCUT2D eigenvalue weighted by molar-refractivity contribution is -0.142. The van der Waals surface area contributed by atoms with Gasteiger partial charge in [-0.25, -0.2) is 4.79 Å². The van der Waals surface area contributed by atoms with Crippen molar-refractivity contribution in [2.45, 2.75) is 20.3 Å². The summed E-state index contributed by atoms with van der Waals surface area (Å²) >= 11 is 6.36. The summed E-state index contributed by atoms with van der Waals surface area (Å²) in [6.07, 6.45) is -0.256. The van der Waals surface area contributed by atoms with Gasteiger partial charge in [0.15, 0.2) is 13.6 Å². The number of methoxy groups -OCH3 is 2. The lowest BCUT2D eigenvalue weighted by Gasteiger charge is -2.18. The molecule has 0 spiro atoms. The van der Waals surface area contributed by atoms with Gasteiger partial charge in [-0.15, -0.1) is 0 Å². The minimum atomic E-state index is -0.682. The van der Waals surface area contributed by atoms with E-state index in [0.29, 0.717) is 0 Å². The number of benzene rings is 1. The van der Waals surface area contributed by atoms with Crippen LogP contribution in [0, 0.1) is 0 Å². The maximum atomic E-state index is 12.4. The van der Waals surface area contributed by atoms with Crippen LogP contribution < -0.4 is 9.47 Å². The Kier molecular flexibility index (Phi) is 9.79. The van der Waals surface area contributed by atoms with Crippen molar-refractivity contribution in [3.63, 3.8) is 0 Å². The largest absolute Gasteiger partial charge is 0.467 e. The molecule has 1 aromatic carbocycles. The molecule has 26 heavy (non-hydrogen) atoms. The van der Waals surface area contributed by atoms with Crippen LogP contribution in [-0.4, -0.2) is 53.0 Å². The minimum absolute atomic E-state index is 0.0201. The van der Waals surface area contributed by atoms with E-state index in [2.05, 4.69) is 0 Å². The molecule has 146 valence electrons. The number of carbonyl (C=O) groups excluding carboxylic acids is 2. The molecule has 0 amide bonds. The molecule has 1 rings (SSSR count). The van der Waals surface area contributed by atoms with Crippen LogP contribution in [0.4, 0.5) is 0 Å². The van der Waals surface area contributed by atoms with E-state index in [4.69, 9.17) is 40.0 Å². The van der Waals surface area contributed by atoms with Crippen LogP contribution in [0.3, 0.4) is 0 Å². The molecule has 0 atom stereocenters. The van der Waals surface area contributed by atoms with E-state index in [0.717, 1.165) is 0 Å². The van der Waals surface area contributed by atoms with E-state index in [1.807, 2.05) is 0 Å². The summed E-state index contributed by atoms with van der Waals surface area (Å²) in [6.45, 7) is 3.46. The monoisotopic (exact) mass is 390 g/mol. The highest BCUT2D eigenvalue weighted by Crippen LogP contribution is 2.38. The van der Waals surface area contributed by atoms with Crippen molar-refractivity contribution in [3.8, 4) is 11.5 Å². The maximum absolute atomic E-state index is 12.4. The first kappa shape index (κ1) is 22.0. The third kappa shape index (κ3) is 6.05. The van der Waals surface area contributed by atoms with Crippen molar-refractivity contribution < 1.29 is 38.0 Å². The quantitative estimate of drug-likeness (QED) is 0.420. The van der Waals surface area contributed by atoms with Crippen molar-refractivity contribution >= 4 is 23.5 Å². The Morgan fingerprint density at radius 2 is 1.54 bits per heavy atom. The number of ether oxygens (including phenoxy) is 6. The lowest BCUT2D eigenvalue weighted by atomic mass is 10.0. The zero-order chi connectivity index (χ0) is 19.5. The van der Waals surface area contributed by atoms with Gasteiger partial charge in [-0.1, -0.05) is 11.6 Å². The summed E-state index contributed by atoms with van der Waals surface area (Å²) in [5, 5.41) is 0.0722. The molecule has 0 aromatic heterocycles. The molecule has 0 heterocycles. The highest BCUT2D eigenvalue weighted by Gasteiger charge is 2.27. The zero-order valence-electron chi connectivity index (χ0n) is 15.3. The Hall–Kier alpha value is -2.03. The summed E-state index contributed by atoms with van der Waals surface area (Å²) in [7, 11) is 2.88. The van der Waals surface area contributed by atoms with E-state index in [1.54, 1.807) is 13.8 Å². The normalized spacial score (nSPS) is 10.3. The standard InChI is InChI=1S/C17H23ClO8/c1-5-23-14(19)7-11-15(17(20)24-6-2)12(25-9-21-3)8-13(16(11)18)26-10-22-4/h8H,5-7,9-10H2,1-4H3. The molecule has 0 aliphatic carbocycles. The van der Waals surface area contributed by atoms with E-state index in [9.17, 15) is 9.59 Å². The highest BCUT2D eigenvalue weighted by molar-refractivity contribution is 6.33. The van der Waals surface area contributed by atoms with Gasteiger partial charge in [-0.05, 0) is 13.8 Å². The van der Waals surface area contributed by atoms with E-state index >= 15 is 0 Å². The van der Waals surface area contributed by atoms with Crippen molar-refractivity contribution in [1.29, 1.82) is 0 Å². The van der Waals surface area contributed by atoms with Gasteiger partial charge in [0.05, 0.1) is 24.7 Å². The Morgan fingerprint density at radius 3 is 2.08 bits per heavy atom.